The number of aryl methyl sites for hydroxylation is 1. The number of carbonyl (C=O) groups excluding carboxylic acids is 2. The van der Waals surface area contributed by atoms with Crippen molar-refractivity contribution in [1.29, 1.82) is 0 Å². The van der Waals surface area contributed by atoms with Crippen molar-refractivity contribution in [2.75, 3.05) is 0 Å². The number of benzene rings is 1. The average Bonchev–Trinajstić information content (AvgIpc) is 3.42. The molecule has 30 heavy (non-hydrogen) atoms. The smallest absolute Gasteiger partial charge is 0.271 e. The van der Waals surface area contributed by atoms with Crippen LogP contribution in [0.2, 0.25) is 0 Å². The van der Waals surface area contributed by atoms with E-state index >= 15 is 0 Å². The molecule has 0 unspecified atom stereocenters. The van der Waals surface area contributed by atoms with Crippen molar-refractivity contribution in [1.82, 2.24) is 25.0 Å². The number of hydrogen-bond acceptors (Lipinski definition) is 5. The summed E-state index contributed by atoms with van der Waals surface area (Å²) in [6.07, 6.45) is 3.21. The molecule has 2 N–H and O–H groups in total. The third-order valence-electron chi connectivity index (χ3n) is 4.52. The zero-order valence-corrected chi connectivity index (χ0v) is 16.9. The predicted octanol–water partition coefficient (Wildman–Crippen LogP) is 3.10. The van der Waals surface area contributed by atoms with Gasteiger partial charge in [0.2, 0.25) is 0 Å². The van der Waals surface area contributed by atoms with Gasteiger partial charge in [0.15, 0.2) is 0 Å². The SMILES string of the molecule is Cc1cc(CNC(=O)c2cn3c(C(=O)NCc4nccs4)cccc3n2)ccc1F. The Bertz CT molecular complexity index is 1220. The van der Waals surface area contributed by atoms with Crippen molar-refractivity contribution in [3.8, 4) is 0 Å². The lowest BCUT2D eigenvalue weighted by molar-refractivity contribution is 0.0935. The van der Waals surface area contributed by atoms with Crippen LogP contribution in [0.5, 0.6) is 0 Å². The molecule has 0 aliphatic heterocycles. The fraction of sp³-hybridized carbons (Fsp3) is 0.143. The van der Waals surface area contributed by atoms with Crippen LogP contribution in [-0.2, 0) is 13.1 Å². The maximum atomic E-state index is 13.4. The molecule has 3 heterocycles. The van der Waals surface area contributed by atoms with Gasteiger partial charge in [0.1, 0.15) is 27.9 Å². The normalized spacial score (nSPS) is 10.9. The molecule has 0 saturated heterocycles. The number of carbonyl (C=O) groups is 2. The van der Waals surface area contributed by atoms with Gasteiger partial charge >= 0.3 is 0 Å². The number of imidazole rings is 1. The highest BCUT2D eigenvalue weighted by Crippen LogP contribution is 2.12. The van der Waals surface area contributed by atoms with Crippen LogP contribution in [0.1, 0.15) is 37.1 Å². The maximum absolute atomic E-state index is 13.4. The standard InChI is InChI=1S/C21H18FN5O2S/c1-13-9-14(5-6-15(13)22)10-24-20(28)16-12-27-17(3-2-4-18(27)26-16)21(29)25-11-19-23-7-8-30-19/h2-9,12H,10-11H2,1H3,(H,24,28)(H,25,29). The van der Waals surface area contributed by atoms with Crippen molar-refractivity contribution in [3.63, 3.8) is 0 Å². The fourth-order valence-electron chi connectivity index (χ4n) is 2.98. The van der Waals surface area contributed by atoms with Crippen molar-refractivity contribution < 1.29 is 14.0 Å². The lowest BCUT2D eigenvalue weighted by Gasteiger charge is -2.06. The number of nitrogens with zero attached hydrogens (tertiary/aromatic N) is 3. The number of fused-ring (bicyclic) bond motifs is 1. The largest absolute Gasteiger partial charge is 0.347 e. The average molecular weight is 423 g/mol. The Morgan fingerprint density at radius 3 is 2.73 bits per heavy atom. The number of rotatable bonds is 6. The molecule has 0 fully saturated rings. The van der Waals surface area contributed by atoms with E-state index in [4.69, 9.17) is 0 Å². The highest BCUT2D eigenvalue weighted by atomic mass is 32.1. The summed E-state index contributed by atoms with van der Waals surface area (Å²) in [5.74, 6) is -0.956. The van der Waals surface area contributed by atoms with Gasteiger partial charge in [-0.3, -0.25) is 14.0 Å². The monoisotopic (exact) mass is 423 g/mol. The number of thiazole rings is 1. The van der Waals surface area contributed by atoms with Crippen LogP contribution in [0.25, 0.3) is 5.65 Å². The van der Waals surface area contributed by atoms with E-state index in [2.05, 4.69) is 20.6 Å². The summed E-state index contributed by atoms with van der Waals surface area (Å²) in [5, 5.41) is 8.23. The summed E-state index contributed by atoms with van der Waals surface area (Å²) in [4.78, 5) is 33.6. The van der Waals surface area contributed by atoms with E-state index < -0.39 is 0 Å². The van der Waals surface area contributed by atoms with Gasteiger partial charge in [-0.1, -0.05) is 18.2 Å². The van der Waals surface area contributed by atoms with E-state index in [1.165, 1.54) is 23.6 Å². The van der Waals surface area contributed by atoms with Crippen molar-refractivity contribution in [2.24, 2.45) is 0 Å². The van der Waals surface area contributed by atoms with Gasteiger partial charge in [0, 0.05) is 24.3 Å². The van der Waals surface area contributed by atoms with E-state index in [1.54, 1.807) is 47.9 Å². The molecule has 0 atom stereocenters. The highest BCUT2D eigenvalue weighted by molar-refractivity contribution is 7.09. The molecule has 3 aromatic heterocycles. The van der Waals surface area contributed by atoms with Crippen LogP contribution in [0.4, 0.5) is 4.39 Å². The van der Waals surface area contributed by atoms with Gasteiger partial charge in [0.05, 0.1) is 6.54 Å². The number of amides is 2. The minimum Gasteiger partial charge on any atom is -0.347 e. The van der Waals surface area contributed by atoms with Crippen LogP contribution in [0, 0.1) is 12.7 Å². The first-order chi connectivity index (χ1) is 14.5. The molecule has 4 rings (SSSR count). The van der Waals surface area contributed by atoms with Crippen LogP contribution >= 0.6 is 11.3 Å². The quantitative estimate of drug-likeness (QED) is 0.499. The number of hydrogen-bond donors (Lipinski definition) is 2. The first-order valence-corrected chi connectivity index (χ1v) is 10.1. The minimum absolute atomic E-state index is 0.189. The second-order valence-electron chi connectivity index (χ2n) is 6.64. The molecule has 0 bridgehead atoms. The van der Waals surface area contributed by atoms with Gasteiger partial charge < -0.3 is 10.6 Å². The van der Waals surface area contributed by atoms with Crippen LogP contribution in [0.3, 0.4) is 0 Å². The Kier molecular flexibility index (Phi) is 5.53. The molecular formula is C21H18FN5O2S. The maximum Gasteiger partial charge on any atom is 0.271 e. The molecule has 0 radical (unpaired) electrons. The topological polar surface area (TPSA) is 88.4 Å². The van der Waals surface area contributed by atoms with E-state index in [0.717, 1.165) is 10.6 Å². The third kappa shape index (κ3) is 4.20. The molecule has 7 nitrogen and oxygen atoms in total. The van der Waals surface area contributed by atoms with Crippen molar-refractivity contribution in [3.05, 3.63) is 87.5 Å². The zero-order valence-electron chi connectivity index (χ0n) is 16.1. The zero-order chi connectivity index (χ0) is 21.1. The first-order valence-electron chi connectivity index (χ1n) is 9.19. The number of pyridine rings is 1. The summed E-state index contributed by atoms with van der Waals surface area (Å²) in [6.45, 7) is 2.24. The van der Waals surface area contributed by atoms with Crippen molar-refractivity contribution >= 4 is 28.8 Å². The van der Waals surface area contributed by atoms with Gasteiger partial charge in [-0.15, -0.1) is 11.3 Å². The Labute approximate surface area is 175 Å². The Hall–Kier alpha value is -3.59. The second kappa shape index (κ2) is 8.42. The van der Waals surface area contributed by atoms with E-state index in [-0.39, 0.29) is 29.9 Å². The fourth-order valence-corrected chi connectivity index (χ4v) is 3.54. The molecule has 0 saturated carbocycles. The summed E-state index contributed by atoms with van der Waals surface area (Å²) in [5.41, 5.74) is 2.34. The number of halogens is 1. The molecule has 9 heteroatoms. The summed E-state index contributed by atoms with van der Waals surface area (Å²) < 4.78 is 15.0. The number of nitrogens with one attached hydrogen (secondary N) is 2. The third-order valence-corrected chi connectivity index (χ3v) is 5.30. The van der Waals surface area contributed by atoms with Crippen LogP contribution in [-0.4, -0.2) is 26.2 Å². The molecule has 1 aromatic carbocycles. The second-order valence-corrected chi connectivity index (χ2v) is 7.62. The van der Waals surface area contributed by atoms with Gasteiger partial charge in [-0.2, -0.15) is 0 Å². The molecule has 4 aromatic rings. The van der Waals surface area contributed by atoms with E-state index in [1.807, 2.05) is 5.38 Å². The van der Waals surface area contributed by atoms with Gasteiger partial charge in [-0.05, 0) is 36.2 Å². The highest BCUT2D eigenvalue weighted by Gasteiger charge is 2.16. The molecular weight excluding hydrogens is 405 g/mol. The molecule has 0 aliphatic rings. The number of aromatic nitrogens is 3. The van der Waals surface area contributed by atoms with Gasteiger partial charge in [-0.25, -0.2) is 14.4 Å². The van der Waals surface area contributed by atoms with Crippen LogP contribution < -0.4 is 10.6 Å². The first kappa shape index (κ1) is 19.7. The Balaban J connectivity index is 1.48. The van der Waals surface area contributed by atoms with Crippen LogP contribution in [0.15, 0.2) is 54.2 Å². The molecule has 152 valence electrons. The molecule has 0 aliphatic carbocycles. The van der Waals surface area contributed by atoms with Crippen molar-refractivity contribution in [2.45, 2.75) is 20.0 Å². The van der Waals surface area contributed by atoms with Gasteiger partial charge in [0.25, 0.3) is 11.8 Å². The predicted molar refractivity (Wildman–Crippen MR) is 111 cm³/mol. The molecule has 2 amide bonds. The lowest BCUT2D eigenvalue weighted by Crippen LogP contribution is -2.25. The minimum atomic E-state index is -0.380. The lowest BCUT2D eigenvalue weighted by atomic mass is 10.1. The van der Waals surface area contributed by atoms with E-state index in [9.17, 15) is 14.0 Å². The summed E-state index contributed by atoms with van der Waals surface area (Å²) in [7, 11) is 0. The Morgan fingerprint density at radius 1 is 1.13 bits per heavy atom. The summed E-state index contributed by atoms with van der Waals surface area (Å²) in [6, 6.07) is 9.77. The molecule has 0 spiro atoms. The Morgan fingerprint density at radius 2 is 1.97 bits per heavy atom. The summed E-state index contributed by atoms with van der Waals surface area (Å²) >= 11 is 1.46. The van der Waals surface area contributed by atoms with E-state index in [0.29, 0.717) is 23.4 Å².